The molecule has 112 valence electrons. The van der Waals surface area contributed by atoms with Crippen molar-refractivity contribution in [2.24, 2.45) is 0 Å². The molecule has 0 fully saturated rings. The van der Waals surface area contributed by atoms with Crippen LogP contribution in [0.5, 0.6) is 5.75 Å². The SMILES string of the molecule is CCCNCc1ccc([N+](=O)[O-])c(OCc2ncon2)c1. The summed E-state index contributed by atoms with van der Waals surface area (Å²) in [6.45, 7) is 3.60. The first-order chi connectivity index (χ1) is 10.2. The number of nitrogens with zero attached hydrogens (tertiary/aromatic N) is 3. The molecule has 8 nitrogen and oxygen atoms in total. The van der Waals surface area contributed by atoms with E-state index >= 15 is 0 Å². The summed E-state index contributed by atoms with van der Waals surface area (Å²) in [4.78, 5) is 14.3. The van der Waals surface area contributed by atoms with E-state index in [4.69, 9.17) is 4.74 Å². The highest BCUT2D eigenvalue weighted by Gasteiger charge is 2.16. The van der Waals surface area contributed by atoms with Crippen LogP contribution in [-0.4, -0.2) is 21.6 Å². The second kappa shape index (κ2) is 7.34. The number of hydrogen-bond donors (Lipinski definition) is 1. The fourth-order valence-corrected chi connectivity index (χ4v) is 1.74. The lowest BCUT2D eigenvalue weighted by Gasteiger charge is -2.08. The fraction of sp³-hybridized carbons (Fsp3) is 0.385. The van der Waals surface area contributed by atoms with E-state index in [-0.39, 0.29) is 18.0 Å². The van der Waals surface area contributed by atoms with Crippen LogP contribution in [-0.2, 0) is 13.2 Å². The van der Waals surface area contributed by atoms with Crippen LogP contribution < -0.4 is 10.1 Å². The van der Waals surface area contributed by atoms with Crippen molar-refractivity contribution in [1.29, 1.82) is 0 Å². The van der Waals surface area contributed by atoms with Crippen LogP contribution in [0.3, 0.4) is 0 Å². The van der Waals surface area contributed by atoms with Crippen molar-refractivity contribution in [2.45, 2.75) is 26.5 Å². The number of benzene rings is 1. The molecule has 0 radical (unpaired) electrons. The van der Waals surface area contributed by atoms with E-state index in [1.807, 2.05) is 0 Å². The van der Waals surface area contributed by atoms with Gasteiger partial charge >= 0.3 is 5.69 Å². The third-order valence-electron chi connectivity index (χ3n) is 2.74. The van der Waals surface area contributed by atoms with Crippen molar-refractivity contribution >= 4 is 5.69 Å². The van der Waals surface area contributed by atoms with Gasteiger partial charge in [0.05, 0.1) is 4.92 Å². The highest BCUT2D eigenvalue weighted by atomic mass is 16.6. The zero-order valence-corrected chi connectivity index (χ0v) is 11.6. The lowest BCUT2D eigenvalue weighted by molar-refractivity contribution is -0.386. The fourth-order valence-electron chi connectivity index (χ4n) is 1.74. The van der Waals surface area contributed by atoms with E-state index in [0.717, 1.165) is 18.5 Å². The molecule has 2 aromatic rings. The van der Waals surface area contributed by atoms with Gasteiger partial charge in [0, 0.05) is 12.6 Å². The van der Waals surface area contributed by atoms with Gasteiger partial charge in [0.2, 0.25) is 12.2 Å². The Labute approximate surface area is 121 Å². The first-order valence-corrected chi connectivity index (χ1v) is 6.56. The third-order valence-corrected chi connectivity index (χ3v) is 2.74. The summed E-state index contributed by atoms with van der Waals surface area (Å²) in [7, 11) is 0. The predicted octanol–water partition coefficient (Wildman–Crippen LogP) is 2.06. The van der Waals surface area contributed by atoms with Crippen LogP contribution in [0.25, 0.3) is 0 Å². The summed E-state index contributed by atoms with van der Waals surface area (Å²) >= 11 is 0. The molecule has 1 heterocycles. The zero-order chi connectivity index (χ0) is 15.1. The van der Waals surface area contributed by atoms with Crippen molar-refractivity contribution < 1.29 is 14.2 Å². The van der Waals surface area contributed by atoms with Crippen LogP contribution in [0.4, 0.5) is 5.69 Å². The molecule has 21 heavy (non-hydrogen) atoms. The van der Waals surface area contributed by atoms with Crippen molar-refractivity contribution in [3.05, 3.63) is 46.1 Å². The average Bonchev–Trinajstić information content (AvgIpc) is 2.98. The van der Waals surface area contributed by atoms with Crippen molar-refractivity contribution in [3.63, 3.8) is 0 Å². The number of ether oxygens (including phenoxy) is 1. The van der Waals surface area contributed by atoms with Crippen LogP contribution in [0, 0.1) is 10.1 Å². The smallest absolute Gasteiger partial charge is 0.310 e. The number of nitro benzene ring substituents is 1. The number of hydrogen-bond acceptors (Lipinski definition) is 7. The predicted molar refractivity (Wildman–Crippen MR) is 73.7 cm³/mol. The topological polar surface area (TPSA) is 103 Å². The Morgan fingerprint density at radius 3 is 3.00 bits per heavy atom. The van der Waals surface area contributed by atoms with Gasteiger partial charge in [-0.05, 0) is 24.6 Å². The van der Waals surface area contributed by atoms with Gasteiger partial charge in [-0.2, -0.15) is 4.98 Å². The Kier molecular flexibility index (Phi) is 5.22. The Morgan fingerprint density at radius 1 is 1.48 bits per heavy atom. The summed E-state index contributed by atoms with van der Waals surface area (Å²) < 4.78 is 10.0. The van der Waals surface area contributed by atoms with E-state index in [9.17, 15) is 10.1 Å². The number of nitrogens with one attached hydrogen (secondary N) is 1. The molecule has 2 rings (SSSR count). The largest absolute Gasteiger partial charge is 0.478 e. The van der Waals surface area contributed by atoms with Gasteiger partial charge in [-0.3, -0.25) is 10.1 Å². The lowest BCUT2D eigenvalue weighted by Crippen LogP contribution is -2.14. The molecule has 0 amide bonds. The lowest BCUT2D eigenvalue weighted by atomic mass is 10.2. The van der Waals surface area contributed by atoms with Crippen molar-refractivity contribution in [3.8, 4) is 5.75 Å². The Balaban J connectivity index is 2.10. The van der Waals surface area contributed by atoms with Gasteiger partial charge in [0.1, 0.15) is 0 Å². The molecule has 8 heteroatoms. The second-order valence-electron chi connectivity index (χ2n) is 4.37. The maximum absolute atomic E-state index is 11.0. The van der Waals surface area contributed by atoms with Gasteiger partial charge in [0.25, 0.3) is 0 Å². The molecular formula is C13H16N4O4. The minimum Gasteiger partial charge on any atom is -0.478 e. The van der Waals surface area contributed by atoms with Gasteiger partial charge < -0.3 is 14.6 Å². The first-order valence-electron chi connectivity index (χ1n) is 6.56. The molecule has 0 saturated carbocycles. The van der Waals surface area contributed by atoms with Crippen LogP contribution >= 0.6 is 0 Å². The molecule has 1 aromatic carbocycles. The Morgan fingerprint density at radius 2 is 2.33 bits per heavy atom. The van der Waals surface area contributed by atoms with E-state index in [1.165, 1.54) is 12.5 Å². The van der Waals surface area contributed by atoms with Crippen LogP contribution in [0.15, 0.2) is 29.1 Å². The molecule has 0 aliphatic rings. The first kappa shape index (κ1) is 14.9. The van der Waals surface area contributed by atoms with E-state index in [0.29, 0.717) is 12.4 Å². The highest BCUT2D eigenvalue weighted by Crippen LogP contribution is 2.28. The molecule has 1 aromatic heterocycles. The second-order valence-corrected chi connectivity index (χ2v) is 4.37. The quantitative estimate of drug-likeness (QED) is 0.451. The molecular weight excluding hydrogens is 276 g/mol. The summed E-state index contributed by atoms with van der Waals surface area (Å²) in [5, 5.41) is 17.8. The van der Waals surface area contributed by atoms with E-state index < -0.39 is 4.92 Å². The van der Waals surface area contributed by atoms with Gasteiger partial charge in [-0.15, -0.1) is 0 Å². The maximum atomic E-state index is 11.0. The van der Waals surface area contributed by atoms with Crippen molar-refractivity contribution in [2.75, 3.05) is 6.54 Å². The maximum Gasteiger partial charge on any atom is 0.310 e. The summed E-state index contributed by atoms with van der Waals surface area (Å²) in [5.41, 5.74) is 0.829. The standard InChI is InChI=1S/C13H16N4O4/c1-2-5-14-7-10-3-4-11(17(18)19)12(6-10)20-8-13-15-9-21-16-13/h3-4,6,9,14H,2,5,7-8H2,1H3. The Bertz CT molecular complexity index is 586. The number of rotatable bonds is 8. The molecule has 0 saturated heterocycles. The van der Waals surface area contributed by atoms with E-state index in [2.05, 4.69) is 26.9 Å². The molecule has 0 bridgehead atoms. The minimum atomic E-state index is -0.477. The third kappa shape index (κ3) is 4.25. The summed E-state index contributed by atoms with van der Waals surface area (Å²) in [6.07, 6.45) is 2.20. The summed E-state index contributed by atoms with van der Waals surface area (Å²) in [5.74, 6) is 0.527. The molecule has 0 spiro atoms. The van der Waals surface area contributed by atoms with Gasteiger partial charge in [-0.25, -0.2) is 0 Å². The molecule has 0 aliphatic carbocycles. The van der Waals surface area contributed by atoms with Gasteiger partial charge in [0.15, 0.2) is 12.4 Å². The number of aromatic nitrogens is 2. The Hall–Kier alpha value is -2.48. The summed E-state index contributed by atoms with van der Waals surface area (Å²) in [6, 6.07) is 4.80. The molecule has 0 unspecified atom stereocenters. The zero-order valence-electron chi connectivity index (χ0n) is 11.6. The van der Waals surface area contributed by atoms with E-state index in [1.54, 1.807) is 12.1 Å². The van der Waals surface area contributed by atoms with Crippen LogP contribution in [0.1, 0.15) is 24.7 Å². The monoisotopic (exact) mass is 292 g/mol. The average molecular weight is 292 g/mol. The number of nitro groups is 1. The molecule has 1 N–H and O–H groups in total. The normalized spacial score (nSPS) is 10.5. The van der Waals surface area contributed by atoms with Crippen LogP contribution in [0.2, 0.25) is 0 Å². The van der Waals surface area contributed by atoms with Crippen molar-refractivity contribution in [1.82, 2.24) is 15.5 Å². The van der Waals surface area contributed by atoms with Gasteiger partial charge in [-0.1, -0.05) is 18.1 Å². The minimum absolute atomic E-state index is 0.0170. The highest BCUT2D eigenvalue weighted by molar-refractivity contribution is 5.48. The molecule has 0 aliphatic heterocycles. The molecule has 0 atom stereocenters.